The lowest BCUT2D eigenvalue weighted by atomic mass is 9.80. The van der Waals surface area contributed by atoms with Crippen molar-refractivity contribution < 1.29 is 23.8 Å². The molecule has 0 bridgehead atoms. The number of hydrogen-bond acceptors (Lipinski definition) is 3. The van der Waals surface area contributed by atoms with Gasteiger partial charge < -0.3 is 20.1 Å². The van der Waals surface area contributed by atoms with Crippen molar-refractivity contribution in [1.82, 2.24) is 10.3 Å². The van der Waals surface area contributed by atoms with Gasteiger partial charge in [0.2, 0.25) is 0 Å². The number of rotatable bonds is 4. The Bertz CT molecular complexity index is 799. The summed E-state index contributed by atoms with van der Waals surface area (Å²) < 4.78 is 18.5. The molecule has 0 spiro atoms. The maximum atomic E-state index is 13.3. The molecule has 1 amide bonds. The fourth-order valence-corrected chi connectivity index (χ4v) is 3.14. The molecule has 8 heteroatoms. The topological polar surface area (TPSA) is 91.4 Å². The average molecular weight is 355 g/mol. The molecule has 128 valence electrons. The van der Waals surface area contributed by atoms with Gasteiger partial charge in [-0.3, -0.25) is 9.59 Å². The number of aromatic amines is 1. The predicted molar refractivity (Wildman–Crippen MR) is 85.7 cm³/mol. The van der Waals surface area contributed by atoms with E-state index in [1.807, 2.05) is 0 Å². The quantitative estimate of drug-likeness (QED) is 0.787. The number of halogens is 2. The predicted octanol–water partition coefficient (Wildman–Crippen LogP) is 2.57. The summed E-state index contributed by atoms with van der Waals surface area (Å²) in [7, 11) is 0. The second-order valence-electron chi connectivity index (χ2n) is 5.88. The van der Waals surface area contributed by atoms with Crippen LogP contribution in [0.2, 0.25) is 5.02 Å². The summed E-state index contributed by atoms with van der Waals surface area (Å²) in [6.07, 6.45) is 0.655. The van der Waals surface area contributed by atoms with Crippen molar-refractivity contribution in [3.8, 4) is 0 Å². The number of amides is 1. The molecule has 1 aliphatic rings. The summed E-state index contributed by atoms with van der Waals surface area (Å²) in [5, 5.41) is 12.6. The number of carboxylic acid groups (broad SMARTS) is 1. The van der Waals surface area contributed by atoms with Crippen molar-refractivity contribution in [3.05, 3.63) is 34.7 Å². The van der Waals surface area contributed by atoms with E-state index in [2.05, 4.69) is 10.3 Å². The minimum atomic E-state index is -1.04. The van der Waals surface area contributed by atoms with E-state index in [9.17, 15) is 19.1 Å². The Labute approximate surface area is 141 Å². The summed E-state index contributed by atoms with van der Waals surface area (Å²) in [5.74, 6) is -1.94. The van der Waals surface area contributed by atoms with Gasteiger partial charge in [-0.25, -0.2) is 4.39 Å². The molecule has 0 unspecified atom stereocenters. The zero-order chi connectivity index (χ0) is 17.3. The lowest BCUT2D eigenvalue weighted by Gasteiger charge is -2.33. The zero-order valence-electron chi connectivity index (χ0n) is 12.7. The fourth-order valence-electron chi connectivity index (χ4n) is 2.85. The molecule has 1 saturated heterocycles. The molecular formula is C16H16ClFN2O4. The van der Waals surface area contributed by atoms with Gasteiger partial charge >= 0.3 is 5.97 Å². The van der Waals surface area contributed by atoms with Gasteiger partial charge in [0, 0.05) is 30.7 Å². The summed E-state index contributed by atoms with van der Waals surface area (Å²) in [6.45, 7) is 0.660. The molecule has 1 aromatic heterocycles. The Morgan fingerprint density at radius 3 is 2.75 bits per heavy atom. The molecule has 2 heterocycles. The number of H-pyrrole nitrogens is 1. The third kappa shape index (κ3) is 2.97. The highest BCUT2D eigenvalue weighted by molar-refractivity contribution is 6.38. The largest absolute Gasteiger partial charge is 0.481 e. The average Bonchev–Trinajstić information content (AvgIpc) is 2.90. The number of aliphatic carboxylic acids is 1. The second-order valence-corrected chi connectivity index (χ2v) is 6.26. The Hall–Kier alpha value is -2.12. The molecule has 0 saturated carbocycles. The van der Waals surface area contributed by atoms with Crippen LogP contribution in [0.4, 0.5) is 4.39 Å². The van der Waals surface area contributed by atoms with Crippen molar-refractivity contribution in [2.24, 2.45) is 5.41 Å². The van der Waals surface area contributed by atoms with Crippen LogP contribution in [0.15, 0.2) is 18.2 Å². The maximum Gasteiger partial charge on any atom is 0.311 e. The van der Waals surface area contributed by atoms with Gasteiger partial charge in [0.1, 0.15) is 11.5 Å². The van der Waals surface area contributed by atoms with Crippen LogP contribution < -0.4 is 5.32 Å². The first-order chi connectivity index (χ1) is 11.4. The van der Waals surface area contributed by atoms with Crippen LogP contribution in [0.25, 0.3) is 10.9 Å². The van der Waals surface area contributed by atoms with Gasteiger partial charge in [-0.05, 0) is 31.0 Å². The maximum absolute atomic E-state index is 13.3. The number of nitrogens with one attached hydrogen (secondary N) is 2. The number of hydrogen-bond donors (Lipinski definition) is 3. The molecule has 3 rings (SSSR count). The molecule has 2 aromatic rings. The normalized spacial score (nSPS) is 16.9. The van der Waals surface area contributed by atoms with E-state index in [0.29, 0.717) is 37.0 Å². The minimum absolute atomic E-state index is 0.0232. The van der Waals surface area contributed by atoms with Crippen LogP contribution in [0.1, 0.15) is 23.3 Å². The third-order valence-electron chi connectivity index (χ3n) is 4.42. The summed E-state index contributed by atoms with van der Waals surface area (Å²) in [5.41, 5.74) is -0.422. The van der Waals surface area contributed by atoms with Crippen LogP contribution in [0, 0.1) is 11.2 Å². The first-order valence-corrected chi connectivity index (χ1v) is 7.87. The number of aromatic nitrogens is 1. The molecule has 1 aromatic carbocycles. The number of carboxylic acids is 1. The standard InChI is InChI=1S/C16H16ClFN2O4/c17-12-10-7-9(18)1-2-11(10)20-13(12)14(21)19-8-16(15(22)23)3-5-24-6-4-16/h1-2,7,20H,3-6,8H2,(H,19,21)(H,22,23). The van der Waals surface area contributed by atoms with Gasteiger partial charge in [-0.1, -0.05) is 11.6 Å². The Kier molecular flexibility index (Phi) is 4.47. The molecular weight excluding hydrogens is 339 g/mol. The number of carbonyl (C=O) groups excluding carboxylic acids is 1. The van der Waals surface area contributed by atoms with Crippen molar-refractivity contribution in [1.29, 1.82) is 0 Å². The van der Waals surface area contributed by atoms with Crippen molar-refractivity contribution in [2.75, 3.05) is 19.8 Å². The highest BCUT2D eigenvalue weighted by Crippen LogP contribution is 2.31. The van der Waals surface area contributed by atoms with E-state index in [1.165, 1.54) is 18.2 Å². The van der Waals surface area contributed by atoms with Gasteiger partial charge in [-0.2, -0.15) is 0 Å². The number of carbonyl (C=O) groups is 2. The van der Waals surface area contributed by atoms with E-state index in [-0.39, 0.29) is 17.3 Å². The van der Waals surface area contributed by atoms with Crippen LogP contribution in [0.3, 0.4) is 0 Å². The van der Waals surface area contributed by atoms with Crippen LogP contribution in [-0.2, 0) is 9.53 Å². The molecule has 3 N–H and O–H groups in total. The van der Waals surface area contributed by atoms with Crippen molar-refractivity contribution in [2.45, 2.75) is 12.8 Å². The highest BCUT2D eigenvalue weighted by Gasteiger charge is 2.40. The monoisotopic (exact) mass is 354 g/mol. The number of fused-ring (bicyclic) bond motifs is 1. The second kappa shape index (κ2) is 6.41. The molecule has 0 aliphatic carbocycles. The Morgan fingerprint density at radius 1 is 1.38 bits per heavy atom. The van der Waals surface area contributed by atoms with Crippen LogP contribution in [-0.4, -0.2) is 41.7 Å². The Balaban J connectivity index is 1.80. The highest BCUT2D eigenvalue weighted by atomic mass is 35.5. The number of ether oxygens (including phenoxy) is 1. The van der Waals surface area contributed by atoms with E-state index in [4.69, 9.17) is 16.3 Å². The third-order valence-corrected chi connectivity index (χ3v) is 4.81. The molecule has 24 heavy (non-hydrogen) atoms. The van der Waals surface area contributed by atoms with Crippen LogP contribution >= 0.6 is 11.6 Å². The van der Waals surface area contributed by atoms with Gasteiger partial charge in [0.05, 0.1) is 10.4 Å². The molecule has 1 fully saturated rings. The lowest BCUT2D eigenvalue weighted by molar-refractivity contribution is -0.154. The zero-order valence-corrected chi connectivity index (χ0v) is 13.5. The van der Waals surface area contributed by atoms with Gasteiger partial charge in [0.15, 0.2) is 0 Å². The van der Waals surface area contributed by atoms with E-state index in [0.717, 1.165) is 0 Å². The molecule has 6 nitrogen and oxygen atoms in total. The summed E-state index contributed by atoms with van der Waals surface area (Å²) >= 11 is 6.15. The first kappa shape index (κ1) is 16.7. The van der Waals surface area contributed by atoms with E-state index >= 15 is 0 Å². The molecule has 0 radical (unpaired) electrons. The van der Waals surface area contributed by atoms with E-state index in [1.54, 1.807) is 0 Å². The summed E-state index contributed by atoms with van der Waals surface area (Å²) in [6, 6.07) is 3.99. The van der Waals surface area contributed by atoms with Gasteiger partial charge in [0.25, 0.3) is 5.91 Å². The summed E-state index contributed by atoms with van der Waals surface area (Å²) in [4.78, 5) is 26.8. The SMILES string of the molecule is O=C(NCC1(C(=O)O)CCOCC1)c1[nH]c2ccc(F)cc2c1Cl. The first-order valence-electron chi connectivity index (χ1n) is 7.49. The van der Waals surface area contributed by atoms with Crippen molar-refractivity contribution >= 4 is 34.4 Å². The smallest absolute Gasteiger partial charge is 0.311 e. The molecule has 1 aliphatic heterocycles. The van der Waals surface area contributed by atoms with E-state index < -0.39 is 23.1 Å². The molecule has 0 atom stereocenters. The minimum Gasteiger partial charge on any atom is -0.481 e. The fraction of sp³-hybridized carbons (Fsp3) is 0.375. The lowest BCUT2D eigenvalue weighted by Crippen LogP contribution is -2.46. The van der Waals surface area contributed by atoms with Crippen LogP contribution in [0.5, 0.6) is 0 Å². The van der Waals surface area contributed by atoms with Gasteiger partial charge in [-0.15, -0.1) is 0 Å². The Morgan fingerprint density at radius 2 is 2.08 bits per heavy atom. The van der Waals surface area contributed by atoms with Crippen molar-refractivity contribution in [3.63, 3.8) is 0 Å². The number of benzene rings is 1.